The molecule has 29 heavy (non-hydrogen) atoms. The number of nitrogens with zero attached hydrogens (tertiary/aromatic N) is 4. The summed E-state index contributed by atoms with van der Waals surface area (Å²) in [5.74, 6) is -0.0803. The lowest BCUT2D eigenvalue weighted by atomic mass is 10.1. The highest BCUT2D eigenvalue weighted by Crippen LogP contribution is 2.37. The van der Waals surface area contributed by atoms with Crippen LogP contribution in [-0.2, 0) is 11.3 Å². The first-order valence-electron chi connectivity index (χ1n) is 10.3. The molecule has 1 aliphatic carbocycles. The summed E-state index contributed by atoms with van der Waals surface area (Å²) in [5, 5.41) is 15.9. The van der Waals surface area contributed by atoms with Crippen LogP contribution in [0.15, 0.2) is 48.5 Å². The summed E-state index contributed by atoms with van der Waals surface area (Å²) in [6.07, 6.45) is 1.23. The molecule has 5 rings (SSSR count). The van der Waals surface area contributed by atoms with Gasteiger partial charge in [0.25, 0.3) is 5.91 Å². The van der Waals surface area contributed by atoms with E-state index in [9.17, 15) is 9.90 Å². The first-order chi connectivity index (χ1) is 14.0. The molecule has 1 aliphatic heterocycles. The molecule has 2 fully saturated rings. The Hall–Kier alpha value is -2.70. The Balaban J connectivity index is 1.24. The van der Waals surface area contributed by atoms with Gasteiger partial charge in [0.1, 0.15) is 5.60 Å². The lowest BCUT2D eigenvalue weighted by Gasteiger charge is -2.35. The number of hydrogen-bond donors (Lipinski definition) is 1. The molecule has 1 saturated heterocycles. The van der Waals surface area contributed by atoms with E-state index < -0.39 is 5.60 Å². The average Bonchev–Trinajstić information content (AvgIpc) is 3.42. The molecule has 1 amide bonds. The van der Waals surface area contributed by atoms with Gasteiger partial charge in [0, 0.05) is 38.1 Å². The van der Waals surface area contributed by atoms with Crippen LogP contribution in [0.5, 0.6) is 0 Å². The summed E-state index contributed by atoms with van der Waals surface area (Å²) in [5.41, 5.74) is 3.42. The van der Waals surface area contributed by atoms with Crippen molar-refractivity contribution in [2.75, 3.05) is 26.2 Å². The number of rotatable bonds is 4. The number of fused-ring (bicyclic) bond motifs is 1. The SMILES string of the molecule is Cc1nn(-c2ccc(CN3CCN(C(=O)C4(O)CC4)CC3)cc2)c2ccccc12. The lowest BCUT2D eigenvalue weighted by Crippen LogP contribution is -2.51. The molecule has 1 saturated carbocycles. The Morgan fingerprint density at radius 1 is 1.03 bits per heavy atom. The summed E-state index contributed by atoms with van der Waals surface area (Å²) >= 11 is 0. The number of carbonyl (C=O) groups excluding carboxylic acids is 1. The zero-order chi connectivity index (χ0) is 20.0. The van der Waals surface area contributed by atoms with Crippen molar-refractivity contribution in [3.63, 3.8) is 0 Å². The van der Waals surface area contributed by atoms with Crippen LogP contribution in [0.2, 0.25) is 0 Å². The molecule has 3 aromatic rings. The van der Waals surface area contributed by atoms with Gasteiger partial charge < -0.3 is 10.0 Å². The normalized spacial score (nSPS) is 18.9. The van der Waals surface area contributed by atoms with Crippen LogP contribution >= 0.6 is 0 Å². The first kappa shape index (κ1) is 18.3. The standard InChI is InChI=1S/C23H26N4O2/c1-17-20-4-2-3-5-21(20)27(24-17)19-8-6-18(7-9-19)16-25-12-14-26(15-13-25)22(28)23(29)10-11-23/h2-9,29H,10-16H2,1H3. The molecule has 0 unspecified atom stereocenters. The second kappa shape index (κ2) is 6.97. The quantitative estimate of drug-likeness (QED) is 0.744. The predicted octanol–water partition coefficient (Wildman–Crippen LogP) is 2.50. The molecule has 0 spiro atoms. The third kappa shape index (κ3) is 3.43. The highest BCUT2D eigenvalue weighted by molar-refractivity contribution is 5.88. The van der Waals surface area contributed by atoms with Crippen LogP contribution in [0.25, 0.3) is 16.6 Å². The second-order valence-electron chi connectivity index (χ2n) is 8.28. The van der Waals surface area contributed by atoms with Gasteiger partial charge in [-0.2, -0.15) is 5.10 Å². The van der Waals surface area contributed by atoms with E-state index in [2.05, 4.69) is 41.3 Å². The largest absolute Gasteiger partial charge is 0.380 e. The minimum Gasteiger partial charge on any atom is -0.380 e. The van der Waals surface area contributed by atoms with Crippen molar-refractivity contribution >= 4 is 16.8 Å². The molecule has 2 heterocycles. The molecular weight excluding hydrogens is 364 g/mol. The van der Waals surface area contributed by atoms with Gasteiger partial charge in [0.2, 0.25) is 0 Å². The lowest BCUT2D eigenvalue weighted by molar-refractivity contribution is -0.144. The summed E-state index contributed by atoms with van der Waals surface area (Å²) < 4.78 is 2.00. The maximum atomic E-state index is 12.3. The van der Waals surface area contributed by atoms with Crippen LogP contribution < -0.4 is 0 Å². The van der Waals surface area contributed by atoms with Gasteiger partial charge in [-0.15, -0.1) is 0 Å². The van der Waals surface area contributed by atoms with E-state index in [4.69, 9.17) is 5.10 Å². The van der Waals surface area contributed by atoms with Gasteiger partial charge in [-0.1, -0.05) is 30.3 Å². The van der Waals surface area contributed by atoms with Crippen molar-refractivity contribution in [3.05, 3.63) is 59.8 Å². The zero-order valence-corrected chi connectivity index (χ0v) is 16.7. The topological polar surface area (TPSA) is 61.6 Å². The zero-order valence-electron chi connectivity index (χ0n) is 16.7. The van der Waals surface area contributed by atoms with Crippen LogP contribution in [-0.4, -0.2) is 62.4 Å². The fourth-order valence-electron chi connectivity index (χ4n) is 4.16. The van der Waals surface area contributed by atoms with Gasteiger partial charge in [-0.3, -0.25) is 9.69 Å². The molecule has 6 nitrogen and oxygen atoms in total. The van der Waals surface area contributed by atoms with Crippen molar-refractivity contribution in [2.24, 2.45) is 0 Å². The molecule has 2 aromatic carbocycles. The summed E-state index contributed by atoms with van der Waals surface area (Å²) in [6.45, 7) is 5.97. The van der Waals surface area contributed by atoms with Crippen molar-refractivity contribution < 1.29 is 9.90 Å². The van der Waals surface area contributed by atoms with E-state index in [1.54, 1.807) is 0 Å². The van der Waals surface area contributed by atoms with Crippen molar-refractivity contribution in [2.45, 2.75) is 31.9 Å². The number of benzene rings is 2. The van der Waals surface area contributed by atoms with Crippen LogP contribution in [0.4, 0.5) is 0 Å². The van der Waals surface area contributed by atoms with E-state index in [0.29, 0.717) is 25.9 Å². The monoisotopic (exact) mass is 390 g/mol. The van der Waals surface area contributed by atoms with E-state index >= 15 is 0 Å². The van der Waals surface area contributed by atoms with Crippen LogP contribution in [0, 0.1) is 6.92 Å². The van der Waals surface area contributed by atoms with E-state index in [1.807, 2.05) is 28.6 Å². The number of carbonyl (C=O) groups is 1. The number of aromatic nitrogens is 2. The predicted molar refractivity (Wildman–Crippen MR) is 112 cm³/mol. The number of para-hydroxylation sites is 1. The molecule has 1 aromatic heterocycles. The van der Waals surface area contributed by atoms with Crippen molar-refractivity contribution in [1.82, 2.24) is 19.6 Å². The molecule has 6 heteroatoms. The third-order valence-electron chi connectivity index (χ3n) is 6.14. The Bertz CT molecular complexity index is 1040. The summed E-state index contributed by atoms with van der Waals surface area (Å²) in [4.78, 5) is 16.4. The molecule has 1 N–H and O–H groups in total. The molecule has 0 bridgehead atoms. The van der Waals surface area contributed by atoms with Gasteiger partial charge in [-0.25, -0.2) is 4.68 Å². The van der Waals surface area contributed by atoms with E-state index in [0.717, 1.165) is 36.5 Å². The molecular formula is C23H26N4O2. The van der Waals surface area contributed by atoms with Crippen LogP contribution in [0.3, 0.4) is 0 Å². The fraction of sp³-hybridized carbons (Fsp3) is 0.391. The highest BCUT2D eigenvalue weighted by atomic mass is 16.3. The number of aryl methyl sites for hydroxylation is 1. The molecule has 0 radical (unpaired) electrons. The minimum absolute atomic E-state index is 0.0803. The van der Waals surface area contributed by atoms with Crippen LogP contribution in [0.1, 0.15) is 24.1 Å². The Morgan fingerprint density at radius 2 is 1.72 bits per heavy atom. The van der Waals surface area contributed by atoms with Gasteiger partial charge >= 0.3 is 0 Å². The summed E-state index contributed by atoms with van der Waals surface area (Å²) in [7, 11) is 0. The first-order valence-corrected chi connectivity index (χ1v) is 10.3. The maximum absolute atomic E-state index is 12.3. The minimum atomic E-state index is -1.05. The molecule has 150 valence electrons. The third-order valence-corrected chi connectivity index (χ3v) is 6.14. The fourth-order valence-corrected chi connectivity index (χ4v) is 4.16. The van der Waals surface area contributed by atoms with Gasteiger partial charge in [0.05, 0.1) is 16.9 Å². The van der Waals surface area contributed by atoms with Crippen molar-refractivity contribution in [1.29, 1.82) is 0 Å². The Kier molecular flexibility index (Phi) is 4.41. The average molecular weight is 390 g/mol. The number of aliphatic hydroxyl groups is 1. The molecule has 0 atom stereocenters. The Morgan fingerprint density at radius 3 is 2.41 bits per heavy atom. The summed E-state index contributed by atoms with van der Waals surface area (Å²) in [6, 6.07) is 16.9. The second-order valence-corrected chi connectivity index (χ2v) is 8.28. The number of piperazine rings is 1. The van der Waals surface area contributed by atoms with Crippen molar-refractivity contribution in [3.8, 4) is 5.69 Å². The maximum Gasteiger partial charge on any atom is 0.254 e. The van der Waals surface area contributed by atoms with E-state index in [1.165, 1.54) is 10.9 Å². The van der Waals surface area contributed by atoms with Gasteiger partial charge in [-0.05, 0) is 43.5 Å². The number of amides is 1. The smallest absolute Gasteiger partial charge is 0.254 e. The van der Waals surface area contributed by atoms with Gasteiger partial charge in [0.15, 0.2) is 0 Å². The van der Waals surface area contributed by atoms with E-state index in [-0.39, 0.29) is 5.91 Å². The number of hydrogen-bond acceptors (Lipinski definition) is 4. The molecule has 2 aliphatic rings. The highest BCUT2D eigenvalue weighted by Gasteiger charge is 2.50. The Labute approximate surface area is 170 Å².